The number of halogens is 2. The molecule has 1 atom stereocenters. The first-order valence-electron chi connectivity index (χ1n) is 5.77. The molecular formula is C12H16Br2N2O. The molecule has 0 aromatic heterocycles. The van der Waals surface area contributed by atoms with Crippen LogP contribution in [0.25, 0.3) is 0 Å². The Morgan fingerprint density at radius 3 is 3.00 bits per heavy atom. The van der Waals surface area contributed by atoms with Gasteiger partial charge in [-0.3, -0.25) is 0 Å². The van der Waals surface area contributed by atoms with Gasteiger partial charge in [0.15, 0.2) is 0 Å². The van der Waals surface area contributed by atoms with E-state index in [9.17, 15) is 0 Å². The third-order valence-electron chi connectivity index (χ3n) is 2.84. The van der Waals surface area contributed by atoms with Gasteiger partial charge in [-0.25, -0.2) is 0 Å². The van der Waals surface area contributed by atoms with Gasteiger partial charge in [0, 0.05) is 22.5 Å². The maximum absolute atomic E-state index is 5.71. The highest BCUT2D eigenvalue weighted by molar-refractivity contribution is 9.11. The Hall–Kier alpha value is -0.100. The van der Waals surface area contributed by atoms with Crippen molar-refractivity contribution in [1.29, 1.82) is 0 Å². The molecule has 0 fully saturated rings. The number of hydrogen-bond acceptors (Lipinski definition) is 3. The molecule has 0 radical (unpaired) electrons. The Balaban J connectivity index is 2.18. The van der Waals surface area contributed by atoms with E-state index in [-0.39, 0.29) is 0 Å². The molecule has 0 saturated heterocycles. The quantitative estimate of drug-likeness (QED) is 0.808. The molecule has 3 nitrogen and oxygen atoms in total. The van der Waals surface area contributed by atoms with Crippen molar-refractivity contribution in [3.63, 3.8) is 0 Å². The van der Waals surface area contributed by atoms with Gasteiger partial charge in [0.25, 0.3) is 0 Å². The Morgan fingerprint density at radius 1 is 1.41 bits per heavy atom. The summed E-state index contributed by atoms with van der Waals surface area (Å²) in [7, 11) is 0. The van der Waals surface area contributed by atoms with E-state index in [0.29, 0.717) is 6.04 Å². The van der Waals surface area contributed by atoms with Crippen molar-refractivity contribution in [1.82, 2.24) is 5.32 Å². The zero-order valence-electron chi connectivity index (χ0n) is 9.51. The second-order valence-electron chi connectivity index (χ2n) is 4.09. The number of benzene rings is 1. The summed E-state index contributed by atoms with van der Waals surface area (Å²) in [5.74, 6) is 0.963. The van der Waals surface area contributed by atoms with Crippen molar-refractivity contribution < 1.29 is 4.74 Å². The van der Waals surface area contributed by atoms with E-state index < -0.39 is 0 Å². The maximum Gasteiger partial charge on any atom is 0.138 e. The van der Waals surface area contributed by atoms with Crippen LogP contribution < -0.4 is 15.8 Å². The normalized spacial score (nSPS) is 18.6. The molecule has 1 aliphatic heterocycles. The molecule has 5 heteroatoms. The van der Waals surface area contributed by atoms with E-state index in [1.165, 1.54) is 5.56 Å². The first-order chi connectivity index (χ1) is 8.22. The molecule has 0 bridgehead atoms. The monoisotopic (exact) mass is 362 g/mol. The molecule has 1 heterocycles. The van der Waals surface area contributed by atoms with Gasteiger partial charge in [0.2, 0.25) is 0 Å². The van der Waals surface area contributed by atoms with Gasteiger partial charge in [-0.15, -0.1) is 0 Å². The minimum atomic E-state index is 0.360. The molecular weight excluding hydrogens is 348 g/mol. The van der Waals surface area contributed by atoms with E-state index in [1.54, 1.807) is 0 Å². The third kappa shape index (κ3) is 3.22. The molecule has 0 amide bonds. The van der Waals surface area contributed by atoms with Gasteiger partial charge in [0.1, 0.15) is 5.75 Å². The molecule has 1 aliphatic rings. The SMILES string of the molecule is NCCCN[C@@H]1CCOc2c(Br)cc(Br)cc21. The third-order valence-corrected chi connectivity index (χ3v) is 3.88. The summed E-state index contributed by atoms with van der Waals surface area (Å²) in [6, 6.07) is 4.50. The van der Waals surface area contributed by atoms with Crippen LogP contribution in [0.5, 0.6) is 5.75 Å². The number of hydrogen-bond donors (Lipinski definition) is 2. The minimum absolute atomic E-state index is 0.360. The van der Waals surface area contributed by atoms with Crippen LogP contribution in [0.3, 0.4) is 0 Å². The summed E-state index contributed by atoms with van der Waals surface area (Å²) < 4.78 is 7.79. The van der Waals surface area contributed by atoms with E-state index >= 15 is 0 Å². The van der Waals surface area contributed by atoms with Gasteiger partial charge in [-0.1, -0.05) is 15.9 Å². The van der Waals surface area contributed by atoms with Crippen molar-refractivity contribution in [3.05, 3.63) is 26.6 Å². The van der Waals surface area contributed by atoms with Gasteiger partial charge in [-0.2, -0.15) is 0 Å². The fraction of sp³-hybridized carbons (Fsp3) is 0.500. The molecule has 1 aromatic carbocycles. The van der Waals surface area contributed by atoms with Crippen LogP contribution in [0.15, 0.2) is 21.1 Å². The first kappa shape index (κ1) is 13.3. The molecule has 1 aromatic rings. The Kier molecular flexibility index (Phi) is 4.85. The van der Waals surface area contributed by atoms with E-state index in [1.807, 2.05) is 6.07 Å². The van der Waals surface area contributed by atoms with Crippen LogP contribution in [0, 0.1) is 0 Å². The summed E-state index contributed by atoms with van der Waals surface area (Å²) in [6.07, 6.45) is 2.00. The maximum atomic E-state index is 5.71. The molecule has 3 N–H and O–H groups in total. The number of ether oxygens (including phenoxy) is 1. The van der Waals surface area contributed by atoms with Crippen LogP contribution in [-0.2, 0) is 0 Å². The molecule has 2 rings (SSSR count). The predicted octanol–water partition coefficient (Wildman–Crippen LogP) is 2.97. The summed E-state index contributed by atoms with van der Waals surface area (Å²) in [5, 5.41) is 3.53. The fourth-order valence-electron chi connectivity index (χ4n) is 2.02. The predicted molar refractivity (Wildman–Crippen MR) is 76.4 cm³/mol. The van der Waals surface area contributed by atoms with Gasteiger partial charge < -0.3 is 15.8 Å². The molecule has 94 valence electrons. The van der Waals surface area contributed by atoms with Crippen LogP contribution >= 0.6 is 31.9 Å². The second kappa shape index (κ2) is 6.18. The van der Waals surface area contributed by atoms with E-state index in [0.717, 1.165) is 47.2 Å². The largest absolute Gasteiger partial charge is 0.492 e. The van der Waals surface area contributed by atoms with E-state index in [4.69, 9.17) is 10.5 Å². The lowest BCUT2D eigenvalue weighted by molar-refractivity contribution is 0.251. The van der Waals surface area contributed by atoms with Crippen molar-refractivity contribution in [2.75, 3.05) is 19.7 Å². The van der Waals surface area contributed by atoms with Crippen LogP contribution in [0.4, 0.5) is 0 Å². The topological polar surface area (TPSA) is 47.3 Å². The lowest BCUT2D eigenvalue weighted by atomic mass is 10.0. The lowest BCUT2D eigenvalue weighted by Crippen LogP contribution is -2.29. The number of nitrogens with one attached hydrogen (secondary N) is 1. The molecule has 0 unspecified atom stereocenters. The summed E-state index contributed by atoms with van der Waals surface area (Å²) in [5.41, 5.74) is 6.72. The highest BCUT2D eigenvalue weighted by Crippen LogP contribution is 2.40. The Morgan fingerprint density at radius 2 is 2.24 bits per heavy atom. The van der Waals surface area contributed by atoms with Crippen molar-refractivity contribution in [2.45, 2.75) is 18.9 Å². The van der Waals surface area contributed by atoms with Crippen LogP contribution in [-0.4, -0.2) is 19.7 Å². The van der Waals surface area contributed by atoms with Gasteiger partial charge in [0.05, 0.1) is 11.1 Å². The highest BCUT2D eigenvalue weighted by Gasteiger charge is 2.23. The number of rotatable bonds is 4. The average molecular weight is 364 g/mol. The Labute approximate surface area is 118 Å². The summed E-state index contributed by atoms with van der Waals surface area (Å²) >= 11 is 7.06. The highest BCUT2D eigenvalue weighted by atomic mass is 79.9. The van der Waals surface area contributed by atoms with E-state index in [2.05, 4.69) is 43.2 Å². The van der Waals surface area contributed by atoms with Crippen LogP contribution in [0.1, 0.15) is 24.4 Å². The number of fused-ring (bicyclic) bond motifs is 1. The minimum Gasteiger partial charge on any atom is -0.492 e. The molecule has 0 aliphatic carbocycles. The van der Waals surface area contributed by atoms with Gasteiger partial charge >= 0.3 is 0 Å². The average Bonchev–Trinajstić information content (AvgIpc) is 2.30. The Bertz CT molecular complexity index is 398. The summed E-state index contributed by atoms with van der Waals surface area (Å²) in [6.45, 7) is 2.43. The molecule has 0 saturated carbocycles. The first-order valence-corrected chi connectivity index (χ1v) is 7.36. The lowest BCUT2D eigenvalue weighted by Gasteiger charge is -2.28. The van der Waals surface area contributed by atoms with Gasteiger partial charge in [-0.05, 0) is 47.6 Å². The second-order valence-corrected chi connectivity index (χ2v) is 5.86. The standard InChI is InChI=1S/C12H16Br2N2O/c13-8-6-9-11(16-4-1-3-15)2-5-17-12(9)10(14)7-8/h6-7,11,16H,1-5,15H2/t11-/m1/s1. The smallest absolute Gasteiger partial charge is 0.138 e. The molecule has 17 heavy (non-hydrogen) atoms. The summed E-state index contributed by atoms with van der Waals surface area (Å²) in [4.78, 5) is 0. The van der Waals surface area contributed by atoms with Crippen molar-refractivity contribution in [3.8, 4) is 5.75 Å². The zero-order chi connectivity index (χ0) is 12.3. The zero-order valence-corrected chi connectivity index (χ0v) is 12.7. The van der Waals surface area contributed by atoms with Crippen LogP contribution in [0.2, 0.25) is 0 Å². The fourth-order valence-corrected chi connectivity index (χ4v) is 3.39. The van der Waals surface area contributed by atoms with Crippen molar-refractivity contribution >= 4 is 31.9 Å². The van der Waals surface area contributed by atoms with Crippen molar-refractivity contribution in [2.24, 2.45) is 5.73 Å². The molecule has 0 spiro atoms. The number of nitrogens with two attached hydrogens (primary N) is 1.